The average molecular weight is 495 g/mol. The number of nitrogens with zero attached hydrogens (tertiary/aromatic N) is 3. The Bertz CT molecular complexity index is 1400. The molecule has 0 spiro atoms. The SMILES string of the molecule is CNc1nccc(-c2cccnc2Oc2ccc(NC(=O)c3cccc(C(F)(F)F)c3)cc2OC)n1. The number of amides is 1. The molecule has 0 saturated carbocycles. The summed E-state index contributed by atoms with van der Waals surface area (Å²) in [5.41, 5.74) is 0.459. The third-order valence-corrected chi connectivity index (χ3v) is 5.01. The van der Waals surface area contributed by atoms with Crippen LogP contribution in [-0.4, -0.2) is 35.0 Å². The van der Waals surface area contributed by atoms with Crippen LogP contribution in [0, 0.1) is 0 Å². The molecule has 4 rings (SSSR count). The highest BCUT2D eigenvalue weighted by molar-refractivity contribution is 6.04. The van der Waals surface area contributed by atoms with Crippen molar-refractivity contribution in [1.82, 2.24) is 15.0 Å². The largest absolute Gasteiger partial charge is 0.493 e. The molecule has 1 amide bonds. The zero-order valence-corrected chi connectivity index (χ0v) is 19.1. The first-order valence-electron chi connectivity index (χ1n) is 10.6. The van der Waals surface area contributed by atoms with Crippen molar-refractivity contribution in [3.8, 4) is 28.6 Å². The minimum atomic E-state index is -4.55. The summed E-state index contributed by atoms with van der Waals surface area (Å²) in [7, 11) is 3.13. The maximum Gasteiger partial charge on any atom is 0.416 e. The second-order valence-corrected chi connectivity index (χ2v) is 7.37. The summed E-state index contributed by atoms with van der Waals surface area (Å²) in [6.45, 7) is 0. The molecule has 2 N–H and O–H groups in total. The molecule has 0 bridgehead atoms. The lowest BCUT2D eigenvalue weighted by Gasteiger charge is -2.14. The maximum absolute atomic E-state index is 13.0. The standard InChI is InChI=1S/C25H20F3N5O3/c1-29-24-31-12-10-19(33-24)18-7-4-11-30-23(18)36-20-9-8-17(14-21(20)35-2)32-22(34)15-5-3-6-16(13-15)25(26,27)28/h3-14H,1-2H3,(H,32,34)(H,29,31,33). The number of alkyl halides is 3. The van der Waals surface area contributed by atoms with Gasteiger partial charge in [0.25, 0.3) is 5.91 Å². The van der Waals surface area contributed by atoms with Crippen molar-refractivity contribution in [3.05, 3.63) is 84.2 Å². The quantitative estimate of drug-likeness (QED) is 0.342. The normalized spacial score (nSPS) is 11.0. The number of methoxy groups -OCH3 is 1. The lowest BCUT2D eigenvalue weighted by atomic mass is 10.1. The molecule has 0 radical (unpaired) electrons. The molecule has 0 saturated heterocycles. The van der Waals surface area contributed by atoms with Crippen molar-refractivity contribution in [2.75, 3.05) is 24.8 Å². The Labute approximate surface area is 204 Å². The van der Waals surface area contributed by atoms with Crippen LogP contribution in [0.2, 0.25) is 0 Å². The minimum absolute atomic E-state index is 0.131. The summed E-state index contributed by atoms with van der Waals surface area (Å²) >= 11 is 0. The fourth-order valence-electron chi connectivity index (χ4n) is 3.27. The van der Waals surface area contributed by atoms with E-state index in [1.54, 1.807) is 43.7 Å². The number of carbonyl (C=O) groups is 1. The van der Waals surface area contributed by atoms with Gasteiger partial charge in [0.2, 0.25) is 11.8 Å². The first-order valence-corrected chi connectivity index (χ1v) is 10.6. The second-order valence-electron chi connectivity index (χ2n) is 7.37. The smallest absolute Gasteiger partial charge is 0.416 e. The number of benzene rings is 2. The van der Waals surface area contributed by atoms with E-state index in [1.807, 2.05) is 0 Å². The molecule has 11 heteroatoms. The molecule has 4 aromatic rings. The van der Waals surface area contributed by atoms with Crippen LogP contribution in [0.5, 0.6) is 17.4 Å². The van der Waals surface area contributed by atoms with E-state index in [0.717, 1.165) is 12.1 Å². The summed E-state index contributed by atoms with van der Waals surface area (Å²) in [6, 6.07) is 14.0. The lowest BCUT2D eigenvalue weighted by Crippen LogP contribution is -2.14. The van der Waals surface area contributed by atoms with Gasteiger partial charge in [-0.2, -0.15) is 13.2 Å². The highest BCUT2D eigenvalue weighted by atomic mass is 19.4. The number of pyridine rings is 1. The van der Waals surface area contributed by atoms with Gasteiger partial charge in [-0.1, -0.05) is 6.07 Å². The lowest BCUT2D eigenvalue weighted by molar-refractivity contribution is -0.137. The van der Waals surface area contributed by atoms with Crippen molar-refractivity contribution < 1.29 is 27.4 Å². The summed E-state index contributed by atoms with van der Waals surface area (Å²) < 4.78 is 50.3. The Kier molecular flexibility index (Phi) is 7.00. The zero-order chi connectivity index (χ0) is 25.7. The summed E-state index contributed by atoms with van der Waals surface area (Å²) in [4.78, 5) is 25.4. The number of hydrogen-bond acceptors (Lipinski definition) is 7. The molecule has 8 nitrogen and oxygen atoms in total. The Morgan fingerprint density at radius 3 is 2.53 bits per heavy atom. The van der Waals surface area contributed by atoms with E-state index < -0.39 is 17.6 Å². The van der Waals surface area contributed by atoms with Gasteiger partial charge < -0.3 is 20.1 Å². The number of rotatable bonds is 7. The van der Waals surface area contributed by atoms with Crippen LogP contribution in [0.1, 0.15) is 15.9 Å². The molecule has 0 aliphatic heterocycles. The van der Waals surface area contributed by atoms with E-state index in [2.05, 4.69) is 25.6 Å². The first kappa shape index (κ1) is 24.5. The van der Waals surface area contributed by atoms with Gasteiger partial charge in [0.1, 0.15) is 0 Å². The van der Waals surface area contributed by atoms with Crippen LogP contribution in [0.4, 0.5) is 24.8 Å². The van der Waals surface area contributed by atoms with E-state index in [-0.39, 0.29) is 17.2 Å². The van der Waals surface area contributed by atoms with Crippen LogP contribution >= 0.6 is 0 Å². The van der Waals surface area contributed by atoms with Gasteiger partial charge in [0.05, 0.1) is 23.9 Å². The number of ether oxygens (including phenoxy) is 2. The molecular formula is C25H20F3N5O3. The topological polar surface area (TPSA) is 98.3 Å². The molecule has 36 heavy (non-hydrogen) atoms. The molecule has 2 aromatic heterocycles. The maximum atomic E-state index is 13.0. The molecule has 0 unspecified atom stereocenters. The Hall–Kier alpha value is -4.67. The van der Waals surface area contributed by atoms with Crippen molar-refractivity contribution in [3.63, 3.8) is 0 Å². The highest BCUT2D eigenvalue weighted by Crippen LogP contribution is 2.37. The summed E-state index contributed by atoms with van der Waals surface area (Å²) in [5.74, 6) is 0.565. The average Bonchev–Trinajstić information content (AvgIpc) is 2.89. The number of aromatic nitrogens is 3. The van der Waals surface area contributed by atoms with Gasteiger partial charge in [-0.15, -0.1) is 0 Å². The van der Waals surface area contributed by atoms with Gasteiger partial charge in [-0.05, 0) is 48.5 Å². The number of hydrogen-bond donors (Lipinski definition) is 2. The van der Waals surface area contributed by atoms with Crippen molar-refractivity contribution >= 4 is 17.5 Å². The Balaban J connectivity index is 1.57. The van der Waals surface area contributed by atoms with Gasteiger partial charge in [-0.25, -0.2) is 15.0 Å². The van der Waals surface area contributed by atoms with Gasteiger partial charge in [-0.3, -0.25) is 4.79 Å². The van der Waals surface area contributed by atoms with Gasteiger partial charge in [0.15, 0.2) is 11.5 Å². The van der Waals surface area contributed by atoms with E-state index in [0.29, 0.717) is 28.6 Å². The molecule has 0 aliphatic carbocycles. The fraction of sp³-hybridized carbons (Fsp3) is 0.120. The summed E-state index contributed by atoms with van der Waals surface area (Å²) in [6.07, 6.45) is -1.38. The van der Waals surface area contributed by atoms with Gasteiger partial charge in [0, 0.05) is 36.8 Å². The van der Waals surface area contributed by atoms with E-state index in [9.17, 15) is 18.0 Å². The number of carbonyl (C=O) groups excluding carboxylic acids is 1. The highest BCUT2D eigenvalue weighted by Gasteiger charge is 2.31. The number of nitrogens with one attached hydrogen (secondary N) is 2. The predicted molar refractivity (Wildman–Crippen MR) is 127 cm³/mol. The van der Waals surface area contributed by atoms with Crippen molar-refractivity contribution in [2.24, 2.45) is 0 Å². The Morgan fingerprint density at radius 1 is 0.944 bits per heavy atom. The third-order valence-electron chi connectivity index (χ3n) is 5.01. The fourth-order valence-corrected chi connectivity index (χ4v) is 3.27. The van der Waals surface area contributed by atoms with Crippen LogP contribution in [0.3, 0.4) is 0 Å². The van der Waals surface area contributed by atoms with Gasteiger partial charge >= 0.3 is 6.18 Å². The monoisotopic (exact) mass is 495 g/mol. The van der Waals surface area contributed by atoms with Crippen LogP contribution in [0.15, 0.2) is 73.1 Å². The predicted octanol–water partition coefficient (Wildman–Crippen LogP) is 5.65. The van der Waals surface area contributed by atoms with Crippen molar-refractivity contribution in [1.29, 1.82) is 0 Å². The molecule has 0 fully saturated rings. The molecule has 0 aliphatic rings. The number of anilines is 2. The van der Waals surface area contributed by atoms with Crippen molar-refractivity contribution in [2.45, 2.75) is 6.18 Å². The molecule has 0 atom stereocenters. The number of halogens is 3. The molecule has 184 valence electrons. The molecule has 2 aromatic carbocycles. The third kappa shape index (κ3) is 5.52. The zero-order valence-electron chi connectivity index (χ0n) is 19.1. The molecule has 2 heterocycles. The van der Waals surface area contributed by atoms with Crippen LogP contribution in [-0.2, 0) is 6.18 Å². The first-order chi connectivity index (χ1) is 17.3. The summed E-state index contributed by atoms with van der Waals surface area (Å²) in [5, 5.41) is 5.45. The second kappa shape index (κ2) is 10.3. The molecular weight excluding hydrogens is 475 g/mol. The minimum Gasteiger partial charge on any atom is -0.493 e. The Morgan fingerprint density at radius 2 is 1.78 bits per heavy atom. The van der Waals surface area contributed by atoms with E-state index >= 15 is 0 Å². The van der Waals surface area contributed by atoms with Crippen LogP contribution in [0.25, 0.3) is 11.3 Å². The van der Waals surface area contributed by atoms with E-state index in [1.165, 1.54) is 31.4 Å². The van der Waals surface area contributed by atoms with E-state index in [4.69, 9.17) is 9.47 Å². The van der Waals surface area contributed by atoms with Crippen LogP contribution < -0.4 is 20.1 Å².